The number of amides is 1. The molecule has 0 saturated heterocycles. The van der Waals surface area contributed by atoms with Crippen molar-refractivity contribution in [1.82, 2.24) is 5.32 Å². The molecule has 2 atom stereocenters. The van der Waals surface area contributed by atoms with E-state index < -0.39 is 0 Å². The number of hydrogen-bond donors (Lipinski definition) is 1. The molecule has 0 bridgehead atoms. The average Bonchev–Trinajstić information content (AvgIpc) is 2.89. The molecule has 1 N–H and O–H groups in total. The third kappa shape index (κ3) is 9.39. The van der Waals surface area contributed by atoms with E-state index in [-0.39, 0.29) is 11.3 Å². The van der Waals surface area contributed by atoms with E-state index in [4.69, 9.17) is 11.6 Å². The zero-order valence-corrected chi connectivity index (χ0v) is 14.6. The van der Waals surface area contributed by atoms with Crippen LogP contribution in [0.2, 0.25) is 0 Å². The van der Waals surface area contributed by atoms with Crippen LogP contribution in [-0.2, 0) is 4.79 Å². The number of carbonyl (C=O) groups excluding carboxylic acids is 1. The van der Waals surface area contributed by atoms with Gasteiger partial charge in [0.2, 0.25) is 5.91 Å². The maximum absolute atomic E-state index is 11.8. The van der Waals surface area contributed by atoms with Gasteiger partial charge in [0.1, 0.15) is 0 Å². The van der Waals surface area contributed by atoms with Crippen molar-refractivity contribution in [2.45, 2.75) is 95.8 Å². The van der Waals surface area contributed by atoms with E-state index >= 15 is 0 Å². The molecular formula is C18H34ClNO. The van der Waals surface area contributed by atoms with Crippen LogP contribution in [0.5, 0.6) is 0 Å². The summed E-state index contributed by atoms with van der Waals surface area (Å²) in [6.45, 7) is 3.04. The predicted molar refractivity (Wildman–Crippen MR) is 91.8 cm³/mol. The number of nitrogens with one attached hydrogen (secondary N) is 1. The molecule has 2 nitrogen and oxygen atoms in total. The van der Waals surface area contributed by atoms with Gasteiger partial charge >= 0.3 is 0 Å². The minimum atomic E-state index is 0.216. The van der Waals surface area contributed by atoms with E-state index in [1.54, 1.807) is 0 Å². The van der Waals surface area contributed by atoms with Gasteiger partial charge in [-0.15, -0.1) is 11.6 Å². The Morgan fingerprint density at radius 3 is 2.19 bits per heavy atom. The summed E-state index contributed by atoms with van der Waals surface area (Å²) in [5.74, 6) is 0.715. The fourth-order valence-corrected chi connectivity index (χ4v) is 3.52. The van der Waals surface area contributed by atoms with Gasteiger partial charge in [-0.3, -0.25) is 4.79 Å². The van der Waals surface area contributed by atoms with Gasteiger partial charge in [-0.2, -0.15) is 0 Å². The lowest BCUT2D eigenvalue weighted by Gasteiger charge is -2.14. The minimum Gasteiger partial charge on any atom is -0.356 e. The molecule has 3 heteroatoms. The number of unbranched alkanes of at least 4 members (excludes halogenated alkanes) is 8. The molecule has 0 aliphatic heterocycles. The first kappa shape index (κ1) is 18.8. The first-order valence-electron chi connectivity index (χ1n) is 9.14. The van der Waals surface area contributed by atoms with Gasteiger partial charge in [0, 0.05) is 18.3 Å². The summed E-state index contributed by atoms with van der Waals surface area (Å²) in [6.07, 6.45) is 15.9. The lowest BCUT2D eigenvalue weighted by atomic mass is 10.1. The largest absolute Gasteiger partial charge is 0.356 e. The highest BCUT2D eigenvalue weighted by Gasteiger charge is 2.25. The lowest BCUT2D eigenvalue weighted by molar-refractivity contribution is -0.121. The van der Waals surface area contributed by atoms with E-state index in [2.05, 4.69) is 12.2 Å². The average molecular weight is 316 g/mol. The summed E-state index contributed by atoms with van der Waals surface area (Å²) in [4.78, 5) is 11.8. The normalized spacial score (nSPS) is 21.6. The Bertz CT molecular complexity index is 270. The van der Waals surface area contributed by atoms with E-state index in [9.17, 15) is 4.79 Å². The second-order valence-electron chi connectivity index (χ2n) is 6.59. The van der Waals surface area contributed by atoms with Gasteiger partial charge in [0.05, 0.1) is 0 Å². The lowest BCUT2D eigenvalue weighted by Crippen LogP contribution is -2.30. The topological polar surface area (TPSA) is 29.1 Å². The third-order valence-corrected chi connectivity index (χ3v) is 5.21. The maximum atomic E-state index is 11.8. The molecule has 1 rings (SSSR count). The monoisotopic (exact) mass is 315 g/mol. The molecule has 1 saturated carbocycles. The molecule has 0 heterocycles. The molecule has 1 aliphatic rings. The SMILES string of the molecule is CCCCCCCCCCCC(=O)NCC1CCCC1Cl. The number of halogens is 1. The van der Waals surface area contributed by atoms with Crippen molar-refractivity contribution < 1.29 is 4.79 Å². The van der Waals surface area contributed by atoms with E-state index in [1.807, 2.05) is 0 Å². The van der Waals surface area contributed by atoms with Crippen molar-refractivity contribution in [3.05, 3.63) is 0 Å². The van der Waals surface area contributed by atoms with Crippen molar-refractivity contribution in [3.8, 4) is 0 Å². The molecule has 0 aromatic rings. The Kier molecular flexibility index (Phi) is 11.0. The smallest absolute Gasteiger partial charge is 0.220 e. The van der Waals surface area contributed by atoms with Crippen molar-refractivity contribution in [2.75, 3.05) is 6.54 Å². The van der Waals surface area contributed by atoms with Crippen molar-refractivity contribution in [1.29, 1.82) is 0 Å². The Morgan fingerprint density at radius 1 is 1.00 bits per heavy atom. The fraction of sp³-hybridized carbons (Fsp3) is 0.944. The number of hydrogen-bond acceptors (Lipinski definition) is 1. The second-order valence-corrected chi connectivity index (χ2v) is 7.15. The van der Waals surface area contributed by atoms with Crippen LogP contribution in [0.25, 0.3) is 0 Å². The van der Waals surface area contributed by atoms with Crippen molar-refractivity contribution in [3.63, 3.8) is 0 Å². The summed E-state index contributed by atoms with van der Waals surface area (Å²) >= 11 is 6.22. The third-order valence-electron chi connectivity index (χ3n) is 4.64. The van der Waals surface area contributed by atoms with Crippen LogP contribution in [0, 0.1) is 5.92 Å². The summed E-state index contributed by atoms with van der Waals surface area (Å²) in [6, 6.07) is 0. The summed E-state index contributed by atoms with van der Waals surface area (Å²) < 4.78 is 0. The highest BCUT2D eigenvalue weighted by Crippen LogP contribution is 2.29. The zero-order valence-electron chi connectivity index (χ0n) is 13.8. The molecule has 21 heavy (non-hydrogen) atoms. The zero-order chi connectivity index (χ0) is 15.3. The van der Waals surface area contributed by atoms with Crippen molar-refractivity contribution >= 4 is 17.5 Å². The van der Waals surface area contributed by atoms with Crippen LogP contribution >= 0.6 is 11.6 Å². The van der Waals surface area contributed by atoms with Gasteiger partial charge in [-0.05, 0) is 25.2 Å². The highest BCUT2D eigenvalue weighted by molar-refractivity contribution is 6.20. The molecule has 2 unspecified atom stereocenters. The predicted octanol–water partition coefficient (Wildman–Crippen LogP) is 5.43. The second kappa shape index (κ2) is 12.3. The first-order valence-corrected chi connectivity index (χ1v) is 9.58. The van der Waals surface area contributed by atoms with Gasteiger partial charge in [-0.1, -0.05) is 64.7 Å². The Labute approximate surface area is 136 Å². The molecule has 124 valence electrons. The Balaban J connectivity index is 1.85. The summed E-state index contributed by atoms with van der Waals surface area (Å²) in [7, 11) is 0. The van der Waals surface area contributed by atoms with Crippen molar-refractivity contribution in [2.24, 2.45) is 5.92 Å². The fourth-order valence-electron chi connectivity index (χ4n) is 3.15. The molecule has 0 radical (unpaired) electrons. The summed E-state index contributed by atoms with van der Waals surface area (Å²) in [5, 5.41) is 3.33. The van der Waals surface area contributed by atoms with Crippen LogP contribution < -0.4 is 5.32 Å². The van der Waals surface area contributed by atoms with Gasteiger partial charge in [-0.25, -0.2) is 0 Å². The minimum absolute atomic E-state index is 0.216. The maximum Gasteiger partial charge on any atom is 0.220 e. The molecule has 1 fully saturated rings. The van der Waals surface area contributed by atoms with Crippen LogP contribution in [-0.4, -0.2) is 17.8 Å². The van der Waals surface area contributed by atoms with Gasteiger partial charge < -0.3 is 5.32 Å². The molecule has 0 aromatic carbocycles. The molecule has 1 amide bonds. The molecule has 0 aromatic heterocycles. The van der Waals surface area contributed by atoms with Gasteiger partial charge in [0.15, 0.2) is 0 Å². The van der Waals surface area contributed by atoms with Crippen LogP contribution in [0.1, 0.15) is 90.4 Å². The highest BCUT2D eigenvalue weighted by atomic mass is 35.5. The van der Waals surface area contributed by atoms with Crippen LogP contribution in [0.3, 0.4) is 0 Å². The number of carbonyl (C=O) groups is 1. The van der Waals surface area contributed by atoms with Gasteiger partial charge in [0.25, 0.3) is 0 Å². The molecular weight excluding hydrogens is 282 g/mol. The Hall–Kier alpha value is -0.240. The number of alkyl halides is 1. The van der Waals surface area contributed by atoms with Crippen LogP contribution in [0.15, 0.2) is 0 Å². The Morgan fingerprint density at radius 2 is 1.62 bits per heavy atom. The number of rotatable bonds is 12. The van der Waals surface area contributed by atoms with E-state index in [1.165, 1.54) is 64.2 Å². The van der Waals surface area contributed by atoms with E-state index in [0.29, 0.717) is 12.3 Å². The quantitative estimate of drug-likeness (QED) is 0.377. The van der Waals surface area contributed by atoms with E-state index in [0.717, 1.165) is 19.4 Å². The first-order chi connectivity index (χ1) is 10.2. The molecule has 0 spiro atoms. The molecule has 1 aliphatic carbocycles. The summed E-state index contributed by atoms with van der Waals surface area (Å²) in [5.41, 5.74) is 0. The van der Waals surface area contributed by atoms with Crippen LogP contribution in [0.4, 0.5) is 0 Å². The standard InChI is InChI=1S/C18H34ClNO/c1-2-3-4-5-6-7-8-9-10-14-18(21)20-15-16-12-11-13-17(16)19/h16-17H,2-15H2,1H3,(H,20,21).